The van der Waals surface area contributed by atoms with E-state index in [0.717, 1.165) is 11.3 Å². The van der Waals surface area contributed by atoms with Gasteiger partial charge < -0.3 is 16.2 Å². The zero-order chi connectivity index (χ0) is 14.3. The Balaban J connectivity index is 2.41. The van der Waals surface area contributed by atoms with Crippen LogP contribution in [-0.2, 0) is 11.3 Å². The van der Waals surface area contributed by atoms with E-state index in [4.69, 9.17) is 5.73 Å². The van der Waals surface area contributed by atoms with Crippen LogP contribution < -0.4 is 11.1 Å². The molecule has 1 rings (SSSR count). The Hall–Kier alpha value is -1.43. The fourth-order valence-corrected chi connectivity index (χ4v) is 1.71. The van der Waals surface area contributed by atoms with Crippen molar-refractivity contribution in [3.05, 3.63) is 29.8 Å². The van der Waals surface area contributed by atoms with E-state index in [1.165, 1.54) is 0 Å². The maximum absolute atomic E-state index is 11.8. The molecular weight excluding hydrogens is 242 g/mol. The third-order valence-corrected chi connectivity index (χ3v) is 2.79. The van der Waals surface area contributed by atoms with Gasteiger partial charge in [0.2, 0.25) is 5.91 Å². The number of likely N-dealkylation sites (N-methyl/N-ethyl adjacent to an activating group) is 1. The van der Waals surface area contributed by atoms with Gasteiger partial charge in [0.25, 0.3) is 0 Å². The Kier molecular flexibility index (Phi) is 6.49. The summed E-state index contributed by atoms with van der Waals surface area (Å²) in [7, 11) is 1.86. The number of hydrogen-bond donors (Lipinski definition) is 3. The van der Waals surface area contributed by atoms with E-state index >= 15 is 0 Å². The van der Waals surface area contributed by atoms with Gasteiger partial charge in [0.15, 0.2) is 0 Å². The Labute approximate surface area is 114 Å². The molecule has 0 aliphatic rings. The van der Waals surface area contributed by atoms with Crippen molar-refractivity contribution in [1.29, 1.82) is 0 Å². The van der Waals surface area contributed by atoms with Gasteiger partial charge in [0.05, 0.1) is 12.6 Å². The van der Waals surface area contributed by atoms with Crippen LogP contribution >= 0.6 is 0 Å². The number of hydrogen-bond acceptors (Lipinski definition) is 4. The molecule has 106 valence electrons. The van der Waals surface area contributed by atoms with E-state index in [0.29, 0.717) is 26.1 Å². The van der Waals surface area contributed by atoms with Gasteiger partial charge in [-0.3, -0.25) is 9.69 Å². The molecule has 0 heterocycles. The van der Waals surface area contributed by atoms with E-state index in [1.54, 1.807) is 6.92 Å². The minimum absolute atomic E-state index is 0.0673. The summed E-state index contributed by atoms with van der Waals surface area (Å²) in [6.45, 7) is 3.19. The molecule has 1 aromatic rings. The van der Waals surface area contributed by atoms with E-state index in [-0.39, 0.29) is 12.0 Å². The molecule has 0 aliphatic heterocycles. The van der Waals surface area contributed by atoms with Gasteiger partial charge in [-0.1, -0.05) is 12.1 Å². The van der Waals surface area contributed by atoms with Crippen LogP contribution in [0.5, 0.6) is 0 Å². The van der Waals surface area contributed by atoms with Gasteiger partial charge in [-0.15, -0.1) is 0 Å². The highest BCUT2D eigenvalue weighted by Gasteiger charge is 2.08. The molecule has 0 aromatic heterocycles. The summed E-state index contributed by atoms with van der Waals surface area (Å²) in [5, 5.41) is 12.0. The monoisotopic (exact) mass is 265 g/mol. The maximum atomic E-state index is 11.8. The first-order valence-electron chi connectivity index (χ1n) is 6.46. The molecule has 5 nitrogen and oxygen atoms in total. The third kappa shape index (κ3) is 6.33. The number of benzene rings is 1. The van der Waals surface area contributed by atoms with Crippen molar-refractivity contribution in [2.24, 2.45) is 5.73 Å². The van der Waals surface area contributed by atoms with Crippen molar-refractivity contribution in [1.82, 2.24) is 4.90 Å². The summed E-state index contributed by atoms with van der Waals surface area (Å²) < 4.78 is 0. The Morgan fingerprint density at radius 3 is 2.89 bits per heavy atom. The lowest BCUT2D eigenvalue weighted by molar-refractivity contribution is -0.117. The average molecular weight is 265 g/mol. The van der Waals surface area contributed by atoms with Crippen molar-refractivity contribution in [2.45, 2.75) is 26.0 Å². The molecule has 19 heavy (non-hydrogen) atoms. The van der Waals surface area contributed by atoms with Crippen LogP contribution in [-0.4, -0.2) is 42.2 Å². The first-order valence-corrected chi connectivity index (χ1v) is 6.46. The van der Waals surface area contributed by atoms with Gasteiger partial charge >= 0.3 is 0 Å². The Bertz CT molecular complexity index is 407. The Morgan fingerprint density at radius 1 is 1.53 bits per heavy atom. The molecule has 0 saturated carbocycles. The largest absolute Gasteiger partial charge is 0.393 e. The number of nitrogens with zero attached hydrogens (tertiary/aromatic N) is 1. The van der Waals surface area contributed by atoms with Crippen LogP contribution in [0.1, 0.15) is 18.9 Å². The third-order valence-electron chi connectivity index (χ3n) is 2.79. The number of nitrogens with one attached hydrogen (secondary N) is 1. The second-order valence-corrected chi connectivity index (χ2v) is 4.83. The maximum Gasteiger partial charge on any atom is 0.238 e. The smallest absolute Gasteiger partial charge is 0.238 e. The molecule has 0 spiro atoms. The van der Waals surface area contributed by atoms with Crippen LogP contribution in [0.2, 0.25) is 0 Å². The molecule has 0 radical (unpaired) electrons. The summed E-state index contributed by atoms with van der Waals surface area (Å²) in [6.07, 6.45) is 0.318. The summed E-state index contributed by atoms with van der Waals surface area (Å²) in [4.78, 5) is 13.7. The summed E-state index contributed by atoms with van der Waals surface area (Å²) in [5.41, 5.74) is 7.30. The second-order valence-electron chi connectivity index (χ2n) is 4.83. The SMILES string of the molecule is CC(O)CCN(C)CC(=O)Nc1cccc(CN)c1. The molecule has 4 N–H and O–H groups in total. The lowest BCUT2D eigenvalue weighted by atomic mass is 10.2. The van der Waals surface area contributed by atoms with E-state index in [2.05, 4.69) is 5.32 Å². The number of rotatable bonds is 7. The van der Waals surface area contributed by atoms with Crippen molar-refractivity contribution in [3.63, 3.8) is 0 Å². The van der Waals surface area contributed by atoms with E-state index < -0.39 is 0 Å². The van der Waals surface area contributed by atoms with E-state index in [9.17, 15) is 9.90 Å². The number of amides is 1. The lowest BCUT2D eigenvalue weighted by Crippen LogP contribution is -2.32. The molecule has 1 amide bonds. The van der Waals surface area contributed by atoms with E-state index in [1.807, 2.05) is 36.2 Å². The van der Waals surface area contributed by atoms with Crippen LogP contribution in [0, 0.1) is 0 Å². The molecule has 0 aliphatic carbocycles. The van der Waals surface area contributed by atoms with Crippen LogP contribution in [0.4, 0.5) is 5.69 Å². The average Bonchev–Trinajstić information content (AvgIpc) is 2.36. The molecule has 1 aromatic carbocycles. The van der Waals surface area contributed by atoms with Crippen molar-refractivity contribution < 1.29 is 9.90 Å². The van der Waals surface area contributed by atoms with Crippen molar-refractivity contribution in [2.75, 3.05) is 25.5 Å². The van der Waals surface area contributed by atoms with Crippen LogP contribution in [0.3, 0.4) is 0 Å². The quantitative estimate of drug-likeness (QED) is 0.681. The first kappa shape index (κ1) is 15.6. The molecule has 5 heteroatoms. The molecule has 1 atom stereocenters. The zero-order valence-corrected chi connectivity index (χ0v) is 11.6. The van der Waals surface area contributed by atoms with Crippen molar-refractivity contribution in [3.8, 4) is 0 Å². The number of carbonyl (C=O) groups excluding carboxylic acids is 1. The van der Waals surface area contributed by atoms with Crippen molar-refractivity contribution >= 4 is 11.6 Å². The highest BCUT2D eigenvalue weighted by molar-refractivity contribution is 5.92. The van der Waals surface area contributed by atoms with Gasteiger partial charge in [-0.2, -0.15) is 0 Å². The molecule has 1 unspecified atom stereocenters. The van der Waals surface area contributed by atoms with Gasteiger partial charge in [-0.25, -0.2) is 0 Å². The second kappa shape index (κ2) is 7.89. The number of aliphatic hydroxyl groups excluding tert-OH is 1. The fourth-order valence-electron chi connectivity index (χ4n) is 1.71. The minimum atomic E-state index is -0.341. The number of nitrogens with two attached hydrogens (primary N) is 1. The fraction of sp³-hybridized carbons (Fsp3) is 0.500. The normalized spacial score (nSPS) is 12.5. The minimum Gasteiger partial charge on any atom is -0.393 e. The first-order chi connectivity index (χ1) is 9.01. The molecule has 0 bridgehead atoms. The van der Waals surface area contributed by atoms with Crippen LogP contribution in [0.15, 0.2) is 24.3 Å². The number of aliphatic hydroxyl groups is 1. The lowest BCUT2D eigenvalue weighted by Gasteiger charge is -2.17. The molecule has 0 fully saturated rings. The predicted molar refractivity (Wildman–Crippen MR) is 76.8 cm³/mol. The summed E-state index contributed by atoms with van der Waals surface area (Å²) in [5.74, 6) is -0.0673. The highest BCUT2D eigenvalue weighted by atomic mass is 16.3. The number of carbonyl (C=O) groups is 1. The van der Waals surface area contributed by atoms with Gasteiger partial charge in [0, 0.05) is 18.8 Å². The van der Waals surface area contributed by atoms with Crippen LogP contribution in [0.25, 0.3) is 0 Å². The topological polar surface area (TPSA) is 78.6 Å². The zero-order valence-electron chi connectivity index (χ0n) is 11.6. The molecule has 0 saturated heterocycles. The Morgan fingerprint density at radius 2 is 2.26 bits per heavy atom. The summed E-state index contributed by atoms with van der Waals surface area (Å²) >= 11 is 0. The number of anilines is 1. The summed E-state index contributed by atoms with van der Waals surface area (Å²) in [6, 6.07) is 7.50. The molecular formula is C14H23N3O2. The predicted octanol–water partition coefficient (Wildman–Crippen LogP) is 0.786. The van der Waals surface area contributed by atoms with Gasteiger partial charge in [0.1, 0.15) is 0 Å². The van der Waals surface area contributed by atoms with Gasteiger partial charge in [-0.05, 0) is 38.1 Å². The highest BCUT2D eigenvalue weighted by Crippen LogP contribution is 2.10. The standard InChI is InChI=1S/C14H23N3O2/c1-11(18)6-7-17(2)10-14(19)16-13-5-3-4-12(8-13)9-15/h3-5,8,11,18H,6-7,9-10,15H2,1-2H3,(H,16,19).